The van der Waals surface area contributed by atoms with E-state index in [2.05, 4.69) is 6.92 Å². The van der Waals surface area contributed by atoms with Gasteiger partial charge in [0, 0.05) is 5.56 Å². The van der Waals surface area contributed by atoms with Crippen molar-refractivity contribution in [3.63, 3.8) is 0 Å². The Labute approximate surface area is 196 Å². The van der Waals surface area contributed by atoms with Gasteiger partial charge in [0.1, 0.15) is 0 Å². The Kier molecular flexibility index (Phi) is 16.7. The first kappa shape index (κ1) is 28.3. The van der Waals surface area contributed by atoms with Crippen molar-refractivity contribution in [2.24, 2.45) is 0 Å². The van der Waals surface area contributed by atoms with Gasteiger partial charge in [-0.15, -0.1) is 0 Å². The van der Waals surface area contributed by atoms with E-state index in [1.165, 1.54) is 102 Å². The van der Waals surface area contributed by atoms with E-state index in [4.69, 9.17) is 0 Å². The molecule has 0 aliphatic heterocycles. The highest BCUT2D eigenvalue weighted by Gasteiger charge is 2.23. The number of rotatable bonds is 21. The highest BCUT2D eigenvalue weighted by molar-refractivity contribution is 5.77. The summed E-state index contributed by atoms with van der Waals surface area (Å²) in [5.41, 5.74) is 0.310. The number of para-hydroxylation sites is 1. The van der Waals surface area contributed by atoms with E-state index >= 15 is 0 Å². The Morgan fingerprint density at radius 3 is 1.50 bits per heavy atom. The lowest BCUT2D eigenvalue weighted by atomic mass is 9.92. The summed E-state index contributed by atoms with van der Waals surface area (Å²) in [5, 5.41) is 29.1. The van der Waals surface area contributed by atoms with Crippen LogP contribution in [0.1, 0.15) is 140 Å². The summed E-state index contributed by atoms with van der Waals surface area (Å²) in [4.78, 5) is 11.6. The van der Waals surface area contributed by atoms with Crippen molar-refractivity contribution in [2.45, 2.75) is 135 Å². The first-order valence-electron chi connectivity index (χ1n) is 13.3. The molecule has 0 saturated heterocycles. The van der Waals surface area contributed by atoms with Gasteiger partial charge in [0.05, 0.1) is 5.92 Å². The SMILES string of the molecule is CCCCCCCCCCCCCCCCCCCCC(C(=O)O)c1cccc(O)c1O. The molecule has 1 aromatic rings. The topological polar surface area (TPSA) is 77.8 Å². The molecular formula is C28H48O4. The summed E-state index contributed by atoms with van der Waals surface area (Å²) >= 11 is 0. The average Bonchev–Trinajstić information content (AvgIpc) is 2.77. The minimum atomic E-state index is -0.946. The van der Waals surface area contributed by atoms with Gasteiger partial charge in [-0.2, -0.15) is 0 Å². The van der Waals surface area contributed by atoms with Crippen LogP contribution in [0.2, 0.25) is 0 Å². The van der Waals surface area contributed by atoms with E-state index in [9.17, 15) is 20.1 Å². The van der Waals surface area contributed by atoms with Crippen LogP contribution in [0, 0.1) is 0 Å². The molecule has 0 saturated carbocycles. The Hall–Kier alpha value is -1.71. The number of aromatic hydroxyl groups is 2. The molecule has 1 unspecified atom stereocenters. The Balaban J connectivity index is 1.94. The normalized spacial score (nSPS) is 12.2. The van der Waals surface area contributed by atoms with Crippen molar-refractivity contribution in [3.8, 4) is 11.5 Å². The zero-order valence-corrected chi connectivity index (χ0v) is 20.5. The summed E-state index contributed by atoms with van der Waals surface area (Å²) < 4.78 is 0. The Morgan fingerprint density at radius 1 is 0.688 bits per heavy atom. The quantitative estimate of drug-likeness (QED) is 0.130. The van der Waals surface area contributed by atoms with Gasteiger partial charge in [-0.1, -0.05) is 135 Å². The van der Waals surface area contributed by atoms with Crippen LogP contribution in [0.15, 0.2) is 18.2 Å². The van der Waals surface area contributed by atoms with Crippen LogP contribution in [0.4, 0.5) is 0 Å². The molecule has 0 aliphatic rings. The number of carbonyl (C=O) groups is 1. The minimum absolute atomic E-state index is 0.258. The zero-order chi connectivity index (χ0) is 23.4. The molecule has 32 heavy (non-hydrogen) atoms. The molecule has 0 radical (unpaired) electrons. The highest BCUT2D eigenvalue weighted by Crippen LogP contribution is 2.36. The largest absolute Gasteiger partial charge is 0.504 e. The van der Waals surface area contributed by atoms with Crippen molar-refractivity contribution in [2.75, 3.05) is 0 Å². The highest BCUT2D eigenvalue weighted by atomic mass is 16.4. The van der Waals surface area contributed by atoms with Crippen LogP contribution < -0.4 is 0 Å². The van der Waals surface area contributed by atoms with E-state index in [-0.39, 0.29) is 11.5 Å². The van der Waals surface area contributed by atoms with Gasteiger partial charge in [0.25, 0.3) is 0 Å². The minimum Gasteiger partial charge on any atom is -0.504 e. The molecule has 4 nitrogen and oxygen atoms in total. The van der Waals surface area contributed by atoms with Gasteiger partial charge in [0.15, 0.2) is 11.5 Å². The number of aliphatic carboxylic acids is 1. The van der Waals surface area contributed by atoms with Crippen LogP contribution in [-0.4, -0.2) is 21.3 Å². The van der Waals surface area contributed by atoms with E-state index in [1.807, 2.05) is 0 Å². The van der Waals surface area contributed by atoms with Crippen molar-refractivity contribution >= 4 is 5.97 Å². The van der Waals surface area contributed by atoms with Gasteiger partial charge in [-0.05, 0) is 12.5 Å². The monoisotopic (exact) mass is 448 g/mol. The molecule has 1 rings (SSSR count). The standard InChI is InChI=1S/C28H48O4/c1-2-3-4-5-6-7-8-9-10-11-12-13-14-15-16-17-18-19-21-25(28(31)32)24-22-20-23-26(29)27(24)30/h20,22-23,25,29-30H,2-19,21H2,1H3,(H,31,32). The van der Waals surface area contributed by atoms with E-state index < -0.39 is 11.9 Å². The lowest BCUT2D eigenvalue weighted by molar-refractivity contribution is -0.139. The number of unbranched alkanes of at least 4 members (excludes halogenated alkanes) is 17. The van der Waals surface area contributed by atoms with Crippen LogP contribution in [0.5, 0.6) is 11.5 Å². The fourth-order valence-electron chi connectivity index (χ4n) is 4.49. The molecule has 0 aromatic heterocycles. The van der Waals surface area contributed by atoms with Gasteiger partial charge in [0.2, 0.25) is 0 Å². The molecule has 0 spiro atoms. The molecule has 0 amide bonds. The van der Waals surface area contributed by atoms with Crippen LogP contribution >= 0.6 is 0 Å². The molecule has 1 atom stereocenters. The first-order valence-corrected chi connectivity index (χ1v) is 13.3. The lowest BCUT2D eigenvalue weighted by Crippen LogP contribution is -2.11. The molecule has 0 aliphatic carbocycles. The molecule has 1 aromatic carbocycles. The molecule has 3 N–H and O–H groups in total. The van der Waals surface area contributed by atoms with Crippen molar-refractivity contribution in [1.29, 1.82) is 0 Å². The van der Waals surface area contributed by atoms with Crippen LogP contribution in [0.25, 0.3) is 0 Å². The third kappa shape index (κ3) is 13.0. The fourth-order valence-corrected chi connectivity index (χ4v) is 4.49. The van der Waals surface area contributed by atoms with Crippen LogP contribution in [0.3, 0.4) is 0 Å². The number of phenolic OH excluding ortho intramolecular Hbond substituents is 2. The summed E-state index contributed by atoms with van der Waals surface area (Å²) in [6, 6.07) is 4.53. The van der Waals surface area contributed by atoms with Gasteiger partial charge in [-0.25, -0.2) is 0 Å². The number of carboxylic acid groups (broad SMARTS) is 1. The van der Waals surface area contributed by atoms with E-state index in [0.717, 1.165) is 19.3 Å². The average molecular weight is 449 g/mol. The molecule has 0 fully saturated rings. The van der Waals surface area contributed by atoms with Crippen molar-refractivity contribution in [1.82, 2.24) is 0 Å². The van der Waals surface area contributed by atoms with Gasteiger partial charge < -0.3 is 15.3 Å². The fraction of sp³-hybridized carbons (Fsp3) is 0.750. The maximum atomic E-state index is 11.6. The second-order valence-electron chi connectivity index (χ2n) is 9.40. The smallest absolute Gasteiger partial charge is 0.311 e. The second-order valence-corrected chi connectivity index (χ2v) is 9.40. The van der Waals surface area contributed by atoms with Crippen molar-refractivity contribution < 1.29 is 20.1 Å². The van der Waals surface area contributed by atoms with Gasteiger partial charge >= 0.3 is 5.97 Å². The Bertz CT molecular complexity index is 599. The maximum absolute atomic E-state index is 11.6. The summed E-state index contributed by atoms with van der Waals surface area (Å²) in [6.45, 7) is 2.27. The van der Waals surface area contributed by atoms with E-state index in [1.54, 1.807) is 12.1 Å². The zero-order valence-electron chi connectivity index (χ0n) is 20.5. The molecule has 0 bridgehead atoms. The number of hydrogen-bond acceptors (Lipinski definition) is 3. The first-order chi connectivity index (χ1) is 15.6. The third-order valence-corrected chi connectivity index (χ3v) is 6.57. The summed E-state index contributed by atoms with van der Waals surface area (Å²) in [6.07, 6.45) is 24.0. The Morgan fingerprint density at radius 2 is 1.09 bits per heavy atom. The van der Waals surface area contributed by atoms with E-state index in [0.29, 0.717) is 12.0 Å². The van der Waals surface area contributed by atoms with Gasteiger partial charge in [-0.3, -0.25) is 4.79 Å². The number of hydrogen-bond donors (Lipinski definition) is 3. The van der Waals surface area contributed by atoms with Crippen LogP contribution in [-0.2, 0) is 4.79 Å². The number of carboxylic acids is 1. The summed E-state index contributed by atoms with van der Waals surface area (Å²) in [7, 11) is 0. The third-order valence-electron chi connectivity index (χ3n) is 6.57. The molecule has 184 valence electrons. The predicted octanol–water partition coefficient (Wildman–Crippen LogP) is 8.70. The predicted molar refractivity (Wildman–Crippen MR) is 134 cm³/mol. The lowest BCUT2D eigenvalue weighted by Gasteiger charge is -2.14. The molecular weight excluding hydrogens is 400 g/mol. The maximum Gasteiger partial charge on any atom is 0.311 e. The number of benzene rings is 1. The second kappa shape index (κ2) is 18.8. The molecule has 4 heteroatoms. The van der Waals surface area contributed by atoms with Crippen molar-refractivity contribution in [3.05, 3.63) is 23.8 Å². The summed E-state index contributed by atoms with van der Waals surface area (Å²) in [5.74, 6) is -2.27. The number of phenols is 2. The molecule has 0 heterocycles.